The molecule has 44 heavy (non-hydrogen) atoms. The minimum Gasteiger partial charge on any atom is -0.495 e. The van der Waals surface area contributed by atoms with Gasteiger partial charge in [0.15, 0.2) is 5.16 Å². The summed E-state index contributed by atoms with van der Waals surface area (Å²) in [6, 6.07) is 14.6. The molecule has 3 aromatic carbocycles. The van der Waals surface area contributed by atoms with Crippen molar-refractivity contribution in [3.8, 4) is 11.4 Å². The van der Waals surface area contributed by atoms with Gasteiger partial charge in [0, 0.05) is 36.2 Å². The van der Waals surface area contributed by atoms with E-state index in [1.807, 2.05) is 22.8 Å². The molecule has 0 fully saturated rings. The smallest absolute Gasteiger partial charge is 0.209 e. The van der Waals surface area contributed by atoms with Crippen LogP contribution in [0.3, 0.4) is 0 Å². The SMILES string of the molecule is CN=C(N)NN=CCCc1cc(F)c(CSc2nc3c(n2-c2ccc(F)cc2)C(c2ccc(Cl)c(OC)c2)CCC3)c(F)c1. The number of nitrogens with one attached hydrogen (secondary N) is 1. The molecule has 1 heterocycles. The van der Waals surface area contributed by atoms with Gasteiger partial charge in [-0.15, -0.1) is 0 Å². The average molecular weight is 641 g/mol. The van der Waals surface area contributed by atoms with Crippen molar-refractivity contribution in [3.63, 3.8) is 0 Å². The Morgan fingerprint density at radius 2 is 1.91 bits per heavy atom. The highest BCUT2D eigenvalue weighted by Gasteiger charge is 2.31. The van der Waals surface area contributed by atoms with Crippen LogP contribution in [0.4, 0.5) is 13.2 Å². The molecule has 1 unspecified atom stereocenters. The Hall–Kier alpha value is -3.96. The number of aromatic nitrogens is 2. The van der Waals surface area contributed by atoms with Gasteiger partial charge >= 0.3 is 0 Å². The van der Waals surface area contributed by atoms with E-state index < -0.39 is 11.6 Å². The van der Waals surface area contributed by atoms with E-state index in [4.69, 9.17) is 27.1 Å². The molecular weight excluding hydrogens is 609 g/mol. The topological polar surface area (TPSA) is 89.8 Å². The second-order valence-electron chi connectivity index (χ2n) is 10.3. The third-order valence-electron chi connectivity index (χ3n) is 7.48. The number of hydrazone groups is 1. The lowest BCUT2D eigenvalue weighted by molar-refractivity contribution is 0.414. The molecule has 0 radical (unpaired) electrons. The molecule has 0 aliphatic heterocycles. The monoisotopic (exact) mass is 640 g/mol. The second kappa shape index (κ2) is 14.2. The predicted molar refractivity (Wildman–Crippen MR) is 170 cm³/mol. The normalized spacial score (nSPS) is 15.0. The second-order valence-corrected chi connectivity index (χ2v) is 11.6. The van der Waals surface area contributed by atoms with Gasteiger partial charge in [-0.1, -0.05) is 29.4 Å². The Labute approximate surface area is 263 Å². The number of nitrogens with two attached hydrogens (primary N) is 1. The summed E-state index contributed by atoms with van der Waals surface area (Å²) < 4.78 is 51.8. The summed E-state index contributed by atoms with van der Waals surface area (Å²) in [5.74, 6) is -0.873. The van der Waals surface area contributed by atoms with Crippen LogP contribution in [-0.2, 0) is 18.6 Å². The minimum absolute atomic E-state index is 0.0233. The van der Waals surface area contributed by atoms with Crippen LogP contribution in [0, 0.1) is 17.5 Å². The Kier molecular flexibility index (Phi) is 10.2. The van der Waals surface area contributed by atoms with Gasteiger partial charge in [-0.25, -0.2) is 23.6 Å². The number of fused-ring (bicyclic) bond motifs is 1. The molecule has 0 saturated heterocycles. The number of benzene rings is 3. The molecule has 0 bridgehead atoms. The molecule has 1 aliphatic carbocycles. The molecule has 0 saturated carbocycles. The molecule has 0 amide bonds. The first-order chi connectivity index (χ1) is 21.3. The quantitative estimate of drug-likeness (QED) is 0.0831. The van der Waals surface area contributed by atoms with Crippen molar-refractivity contribution in [2.24, 2.45) is 15.8 Å². The number of nitrogens with zero attached hydrogens (tertiary/aromatic N) is 4. The molecule has 12 heteroatoms. The van der Waals surface area contributed by atoms with E-state index in [-0.39, 0.29) is 29.0 Å². The van der Waals surface area contributed by atoms with Crippen molar-refractivity contribution in [1.29, 1.82) is 0 Å². The number of hydrogen-bond donors (Lipinski definition) is 2. The fraction of sp³-hybridized carbons (Fsp3) is 0.281. The summed E-state index contributed by atoms with van der Waals surface area (Å²) in [7, 11) is 3.11. The van der Waals surface area contributed by atoms with Crippen molar-refractivity contribution in [3.05, 3.63) is 105 Å². The standard InChI is InChI=1S/C32H32ClF3N6OS/c1-38-31(37)41-39-14-4-5-19-15-26(35)24(27(36)16-19)18-44-32-40-28-7-3-6-23(20-8-13-25(33)29(17-20)43-2)30(28)42(32)22-11-9-21(34)10-12-22/h8-17,23H,3-7,18H2,1-2H3,(H3,37,38,41). The lowest BCUT2D eigenvalue weighted by atomic mass is 9.84. The van der Waals surface area contributed by atoms with Crippen molar-refractivity contribution in [1.82, 2.24) is 15.0 Å². The summed E-state index contributed by atoms with van der Waals surface area (Å²) in [5.41, 5.74) is 12.1. The van der Waals surface area contributed by atoms with Gasteiger partial charge in [-0.05, 0) is 91.8 Å². The van der Waals surface area contributed by atoms with E-state index in [2.05, 4.69) is 15.5 Å². The molecule has 0 spiro atoms. The molecule has 230 valence electrons. The molecule has 1 aliphatic rings. The molecular formula is C32H32ClF3N6OS. The van der Waals surface area contributed by atoms with E-state index >= 15 is 8.78 Å². The van der Waals surface area contributed by atoms with Crippen LogP contribution in [-0.4, -0.2) is 35.9 Å². The Morgan fingerprint density at radius 3 is 2.61 bits per heavy atom. The fourth-order valence-electron chi connectivity index (χ4n) is 5.29. The fourth-order valence-corrected chi connectivity index (χ4v) is 6.54. The highest BCUT2D eigenvalue weighted by atomic mass is 35.5. The first-order valence-electron chi connectivity index (χ1n) is 14.1. The van der Waals surface area contributed by atoms with E-state index in [1.54, 1.807) is 25.5 Å². The van der Waals surface area contributed by atoms with Crippen LogP contribution in [0.25, 0.3) is 5.69 Å². The van der Waals surface area contributed by atoms with Crippen molar-refractivity contribution in [2.45, 2.75) is 48.9 Å². The van der Waals surface area contributed by atoms with Gasteiger partial charge in [-0.2, -0.15) is 5.10 Å². The third-order valence-corrected chi connectivity index (χ3v) is 8.75. The number of guanidine groups is 1. The van der Waals surface area contributed by atoms with E-state index in [9.17, 15) is 4.39 Å². The van der Waals surface area contributed by atoms with Crippen LogP contribution in [0.1, 0.15) is 53.3 Å². The van der Waals surface area contributed by atoms with Crippen LogP contribution in [0.5, 0.6) is 5.75 Å². The Bertz CT molecular complexity index is 1670. The number of halogens is 4. The van der Waals surface area contributed by atoms with Crippen molar-refractivity contribution >= 4 is 35.5 Å². The first-order valence-corrected chi connectivity index (χ1v) is 15.5. The van der Waals surface area contributed by atoms with E-state index in [0.29, 0.717) is 34.3 Å². The number of aliphatic imine (C=N–C) groups is 1. The van der Waals surface area contributed by atoms with Crippen LogP contribution in [0.2, 0.25) is 5.02 Å². The zero-order chi connectivity index (χ0) is 31.2. The summed E-state index contributed by atoms with van der Waals surface area (Å²) in [6.07, 6.45) is 4.96. The zero-order valence-corrected chi connectivity index (χ0v) is 25.9. The molecule has 7 nitrogen and oxygen atoms in total. The number of hydrogen-bond acceptors (Lipinski definition) is 5. The molecule has 1 atom stereocenters. The maximum Gasteiger partial charge on any atom is 0.209 e. The largest absolute Gasteiger partial charge is 0.495 e. The number of rotatable bonds is 10. The molecule has 1 aromatic heterocycles. The molecule has 4 aromatic rings. The van der Waals surface area contributed by atoms with Gasteiger partial charge in [0.2, 0.25) is 5.96 Å². The van der Waals surface area contributed by atoms with Gasteiger partial charge in [0.05, 0.1) is 23.5 Å². The van der Waals surface area contributed by atoms with Gasteiger partial charge in [-0.3, -0.25) is 9.56 Å². The number of ether oxygens (including phenoxy) is 1. The Morgan fingerprint density at radius 1 is 1.16 bits per heavy atom. The minimum atomic E-state index is -0.624. The van der Waals surface area contributed by atoms with Crippen molar-refractivity contribution < 1.29 is 17.9 Å². The van der Waals surface area contributed by atoms with E-state index in [1.165, 1.54) is 43.1 Å². The predicted octanol–water partition coefficient (Wildman–Crippen LogP) is 7.16. The Balaban J connectivity index is 1.43. The number of methoxy groups -OCH3 is 1. The van der Waals surface area contributed by atoms with Crippen LogP contribution in [0.15, 0.2) is 69.8 Å². The van der Waals surface area contributed by atoms with Crippen LogP contribution >= 0.6 is 23.4 Å². The lowest BCUT2D eigenvalue weighted by Crippen LogP contribution is -2.26. The summed E-state index contributed by atoms with van der Waals surface area (Å²) in [6.45, 7) is 0. The maximum atomic E-state index is 15.2. The average Bonchev–Trinajstić information content (AvgIpc) is 3.39. The number of aryl methyl sites for hydroxylation is 2. The van der Waals surface area contributed by atoms with Gasteiger partial charge < -0.3 is 10.5 Å². The molecule has 5 rings (SSSR count). The van der Waals surface area contributed by atoms with Gasteiger partial charge in [0.1, 0.15) is 23.2 Å². The van der Waals surface area contributed by atoms with Crippen LogP contribution < -0.4 is 15.9 Å². The summed E-state index contributed by atoms with van der Waals surface area (Å²) in [5, 5.41) is 5.02. The number of thioether (sulfide) groups is 1. The van der Waals surface area contributed by atoms with Crippen molar-refractivity contribution in [2.75, 3.05) is 14.2 Å². The van der Waals surface area contributed by atoms with Gasteiger partial charge in [0.25, 0.3) is 0 Å². The maximum absolute atomic E-state index is 15.2. The zero-order valence-electron chi connectivity index (χ0n) is 24.3. The highest BCUT2D eigenvalue weighted by molar-refractivity contribution is 7.98. The first kappa shape index (κ1) is 31.5. The molecule has 3 N–H and O–H groups in total. The van der Waals surface area contributed by atoms with E-state index in [0.717, 1.165) is 41.9 Å². The summed E-state index contributed by atoms with van der Waals surface area (Å²) >= 11 is 7.55. The lowest BCUT2D eigenvalue weighted by Gasteiger charge is -2.26. The number of imidazole rings is 1. The third kappa shape index (κ3) is 7.05. The highest BCUT2D eigenvalue weighted by Crippen LogP contribution is 2.42. The summed E-state index contributed by atoms with van der Waals surface area (Å²) in [4.78, 5) is 8.67.